The molecule has 3 heterocycles. The van der Waals surface area contributed by atoms with Gasteiger partial charge in [-0.1, -0.05) is 12.8 Å². The molecule has 0 amide bonds. The minimum atomic E-state index is -0.202. The summed E-state index contributed by atoms with van der Waals surface area (Å²) in [6.07, 6.45) is 3.68. The van der Waals surface area contributed by atoms with Gasteiger partial charge in [-0.3, -0.25) is 4.98 Å². The lowest BCUT2D eigenvalue weighted by Gasteiger charge is -2.32. The van der Waals surface area contributed by atoms with E-state index in [1.54, 1.807) is 17.5 Å². The SMILES string of the molecule is CC#Cc1cncc(-c2csc(C3(NC)CN(c4ccc(F)cc4)CC3C)c2)c1. The molecule has 2 atom stereocenters. The van der Waals surface area contributed by atoms with E-state index in [4.69, 9.17) is 0 Å². The predicted molar refractivity (Wildman–Crippen MR) is 119 cm³/mol. The molecular formula is C24H24FN3S. The van der Waals surface area contributed by atoms with E-state index in [-0.39, 0.29) is 11.4 Å². The number of benzene rings is 1. The number of aromatic nitrogens is 1. The number of nitrogens with one attached hydrogen (secondary N) is 1. The van der Waals surface area contributed by atoms with Crippen LogP contribution in [0.4, 0.5) is 10.1 Å². The minimum Gasteiger partial charge on any atom is -0.369 e. The van der Waals surface area contributed by atoms with Crippen molar-refractivity contribution in [2.24, 2.45) is 5.92 Å². The smallest absolute Gasteiger partial charge is 0.123 e. The maximum absolute atomic E-state index is 13.3. The first-order valence-corrected chi connectivity index (χ1v) is 10.6. The number of likely N-dealkylation sites (N-methyl/N-ethyl adjacent to an activating group) is 1. The molecule has 1 fully saturated rings. The highest BCUT2D eigenvalue weighted by molar-refractivity contribution is 7.10. The highest BCUT2D eigenvalue weighted by atomic mass is 32.1. The molecule has 5 heteroatoms. The summed E-state index contributed by atoms with van der Waals surface area (Å²) in [5.41, 5.74) is 4.09. The van der Waals surface area contributed by atoms with E-state index in [2.05, 4.69) is 51.5 Å². The number of nitrogens with zero attached hydrogens (tertiary/aromatic N) is 2. The molecule has 29 heavy (non-hydrogen) atoms. The van der Waals surface area contributed by atoms with E-state index in [9.17, 15) is 4.39 Å². The Hall–Kier alpha value is -2.68. The normalized spacial score (nSPS) is 21.1. The average molecular weight is 406 g/mol. The predicted octanol–water partition coefficient (Wildman–Crippen LogP) is 4.89. The van der Waals surface area contributed by atoms with Crippen molar-refractivity contribution in [3.63, 3.8) is 0 Å². The molecule has 0 saturated carbocycles. The second kappa shape index (κ2) is 7.98. The Balaban J connectivity index is 1.65. The molecule has 0 radical (unpaired) electrons. The van der Waals surface area contributed by atoms with Crippen LogP contribution in [0.25, 0.3) is 11.1 Å². The summed E-state index contributed by atoms with van der Waals surface area (Å²) in [6.45, 7) is 5.87. The standard InChI is InChI=1S/C24H24FN3S/c1-4-5-18-10-19(13-27-12-18)20-11-23(29-15-20)24(26-3)16-28(14-17(24)2)22-8-6-21(25)7-9-22/h6-13,15,17,26H,14,16H2,1-3H3. The second-order valence-corrected chi connectivity index (χ2v) is 8.43. The third-order valence-electron chi connectivity index (χ3n) is 5.79. The van der Waals surface area contributed by atoms with E-state index in [1.807, 2.05) is 32.3 Å². The fourth-order valence-corrected chi connectivity index (χ4v) is 5.39. The van der Waals surface area contributed by atoms with Crippen molar-refractivity contribution in [3.8, 4) is 23.0 Å². The first-order valence-electron chi connectivity index (χ1n) is 9.72. The van der Waals surface area contributed by atoms with E-state index < -0.39 is 0 Å². The van der Waals surface area contributed by atoms with Crippen LogP contribution in [0.15, 0.2) is 54.2 Å². The summed E-state index contributed by atoms with van der Waals surface area (Å²) in [6, 6.07) is 11.1. The molecule has 3 aromatic rings. The Labute approximate surface area is 175 Å². The van der Waals surface area contributed by atoms with Gasteiger partial charge in [-0.05, 0) is 67.2 Å². The lowest BCUT2D eigenvalue weighted by Crippen LogP contribution is -2.45. The average Bonchev–Trinajstić information content (AvgIpc) is 3.35. The second-order valence-electron chi connectivity index (χ2n) is 7.52. The summed E-state index contributed by atoms with van der Waals surface area (Å²) in [5, 5.41) is 5.80. The number of rotatable bonds is 4. The molecule has 2 unspecified atom stereocenters. The van der Waals surface area contributed by atoms with Gasteiger partial charge < -0.3 is 10.2 Å². The topological polar surface area (TPSA) is 28.2 Å². The van der Waals surface area contributed by atoms with Gasteiger partial charge in [-0.25, -0.2) is 4.39 Å². The van der Waals surface area contributed by atoms with Crippen molar-refractivity contribution < 1.29 is 4.39 Å². The fraction of sp³-hybridized carbons (Fsp3) is 0.292. The van der Waals surface area contributed by atoms with E-state index in [0.29, 0.717) is 5.92 Å². The molecule has 0 aliphatic carbocycles. The van der Waals surface area contributed by atoms with Gasteiger partial charge >= 0.3 is 0 Å². The van der Waals surface area contributed by atoms with Crippen LogP contribution in [0.5, 0.6) is 0 Å². The molecule has 1 aromatic carbocycles. The molecule has 148 valence electrons. The first-order chi connectivity index (χ1) is 14.1. The maximum Gasteiger partial charge on any atom is 0.123 e. The molecule has 3 nitrogen and oxygen atoms in total. The van der Waals surface area contributed by atoms with Crippen molar-refractivity contribution in [2.45, 2.75) is 19.4 Å². The maximum atomic E-state index is 13.3. The van der Waals surface area contributed by atoms with Gasteiger partial charge in [0.1, 0.15) is 5.82 Å². The fourth-order valence-electron chi connectivity index (χ4n) is 4.16. The molecular weight excluding hydrogens is 381 g/mol. The Morgan fingerprint density at radius 3 is 2.72 bits per heavy atom. The first kappa shape index (κ1) is 19.6. The third-order valence-corrected chi connectivity index (χ3v) is 6.90. The zero-order valence-corrected chi connectivity index (χ0v) is 17.7. The molecule has 1 N–H and O–H groups in total. The Morgan fingerprint density at radius 2 is 2.00 bits per heavy atom. The Kier molecular flexibility index (Phi) is 5.40. The highest BCUT2D eigenvalue weighted by Gasteiger charge is 2.45. The van der Waals surface area contributed by atoms with Crippen LogP contribution < -0.4 is 10.2 Å². The van der Waals surface area contributed by atoms with Crippen LogP contribution in [-0.4, -0.2) is 25.1 Å². The van der Waals surface area contributed by atoms with Crippen LogP contribution in [0, 0.1) is 23.6 Å². The lowest BCUT2D eigenvalue weighted by atomic mass is 9.86. The van der Waals surface area contributed by atoms with Gasteiger partial charge in [0.15, 0.2) is 0 Å². The van der Waals surface area contributed by atoms with Gasteiger partial charge in [-0.2, -0.15) is 0 Å². The lowest BCUT2D eigenvalue weighted by molar-refractivity contribution is 0.318. The van der Waals surface area contributed by atoms with E-state index in [0.717, 1.165) is 29.9 Å². The Morgan fingerprint density at radius 1 is 1.21 bits per heavy atom. The van der Waals surface area contributed by atoms with Crippen LogP contribution in [0.3, 0.4) is 0 Å². The van der Waals surface area contributed by atoms with Crippen LogP contribution in [0.2, 0.25) is 0 Å². The van der Waals surface area contributed by atoms with Crippen molar-refractivity contribution in [2.75, 3.05) is 25.0 Å². The van der Waals surface area contributed by atoms with Gasteiger partial charge in [0.25, 0.3) is 0 Å². The van der Waals surface area contributed by atoms with Crippen LogP contribution in [0.1, 0.15) is 24.3 Å². The van der Waals surface area contributed by atoms with E-state index >= 15 is 0 Å². The van der Waals surface area contributed by atoms with Crippen LogP contribution in [-0.2, 0) is 5.54 Å². The Bertz CT molecular complexity index is 1060. The zero-order chi connectivity index (χ0) is 20.4. The molecule has 1 saturated heterocycles. The monoisotopic (exact) mass is 405 g/mol. The highest BCUT2D eigenvalue weighted by Crippen LogP contribution is 2.42. The summed E-state index contributed by atoms with van der Waals surface area (Å²) < 4.78 is 13.3. The van der Waals surface area contributed by atoms with Crippen LogP contribution >= 0.6 is 11.3 Å². The largest absolute Gasteiger partial charge is 0.369 e. The van der Waals surface area contributed by atoms with Crippen molar-refractivity contribution in [3.05, 3.63) is 70.4 Å². The molecule has 1 aliphatic heterocycles. The van der Waals surface area contributed by atoms with E-state index in [1.165, 1.54) is 22.6 Å². The minimum absolute atomic E-state index is 0.147. The molecule has 0 bridgehead atoms. The summed E-state index contributed by atoms with van der Waals surface area (Å²) in [4.78, 5) is 7.98. The molecule has 0 spiro atoms. The summed E-state index contributed by atoms with van der Waals surface area (Å²) in [5.74, 6) is 6.21. The van der Waals surface area contributed by atoms with Crippen molar-refractivity contribution >= 4 is 17.0 Å². The number of thiophene rings is 1. The quantitative estimate of drug-likeness (QED) is 0.627. The number of anilines is 1. The molecule has 4 rings (SSSR count). The van der Waals surface area contributed by atoms with Gasteiger partial charge in [-0.15, -0.1) is 17.3 Å². The number of hydrogen-bond acceptors (Lipinski definition) is 4. The molecule has 2 aromatic heterocycles. The summed E-state index contributed by atoms with van der Waals surface area (Å²) in [7, 11) is 2.03. The van der Waals surface area contributed by atoms with Gasteiger partial charge in [0.05, 0.1) is 5.54 Å². The van der Waals surface area contributed by atoms with Crippen molar-refractivity contribution in [1.82, 2.24) is 10.3 Å². The molecule has 1 aliphatic rings. The number of hydrogen-bond donors (Lipinski definition) is 1. The number of halogens is 1. The summed E-state index contributed by atoms with van der Waals surface area (Å²) >= 11 is 1.77. The number of pyridine rings is 1. The van der Waals surface area contributed by atoms with Crippen molar-refractivity contribution in [1.29, 1.82) is 0 Å². The van der Waals surface area contributed by atoms with Gasteiger partial charge in [0, 0.05) is 47.2 Å². The third kappa shape index (κ3) is 3.66. The van der Waals surface area contributed by atoms with Gasteiger partial charge in [0.2, 0.25) is 0 Å². The zero-order valence-electron chi connectivity index (χ0n) is 16.9.